The van der Waals surface area contributed by atoms with Crippen LogP contribution in [0.4, 0.5) is 5.82 Å². The Kier molecular flexibility index (Phi) is 8.24. The van der Waals surface area contributed by atoms with Crippen molar-refractivity contribution in [2.75, 3.05) is 26.6 Å². The lowest BCUT2D eigenvalue weighted by atomic mass is 9.80. The monoisotopic (exact) mass is 609 g/mol. The van der Waals surface area contributed by atoms with Crippen LogP contribution in [-0.4, -0.2) is 57.7 Å². The molecule has 3 heterocycles. The van der Waals surface area contributed by atoms with Crippen molar-refractivity contribution in [1.29, 1.82) is 0 Å². The van der Waals surface area contributed by atoms with Gasteiger partial charge in [-0.05, 0) is 54.8 Å². The normalized spacial score (nSPS) is 18.3. The van der Waals surface area contributed by atoms with Gasteiger partial charge in [0, 0.05) is 6.42 Å². The summed E-state index contributed by atoms with van der Waals surface area (Å²) in [6.45, 7) is 3.28. The van der Waals surface area contributed by atoms with Gasteiger partial charge in [-0.1, -0.05) is 54.6 Å². The van der Waals surface area contributed by atoms with Gasteiger partial charge in [0.15, 0.2) is 11.5 Å². The van der Waals surface area contributed by atoms with Crippen LogP contribution in [0.5, 0.6) is 11.5 Å². The Morgan fingerprint density at radius 3 is 2.04 bits per heavy atom. The van der Waals surface area contributed by atoms with Gasteiger partial charge in [0.1, 0.15) is 46.5 Å². The maximum Gasteiger partial charge on any atom is 0.275 e. The van der Waals surface area contributed by atoms with E-state index in [4.69, 9.17) is 24.7 Å². The van der Waals surface area contributed by atoms with E-state index >= 15 is 0 Å². The van der Waals surface area contributed by atoms with Crippen LogP contribution in [0.25, 0.3) is 11.2 Å². The molecule has 6 rings (SSSR count). The molecule has 5 aromatic rings. The van der Waals surface area contributed by atoms with Gasteiger partial charge in [0.25, 0.3) is 5.56 Å². The summed E-state index contributed by atoms with van der Waals surface area (Å²) in [5, 5.41) is 11.3. The van der Waals surface area contributed by atoms with Crippen molar-refractivity contribution in [2.24, 2.45) is 0 Å². The third-order valence-electron chi connectivity index (χ3n) is 8.17. The highest BCUT2D eigenvalue weighted by molar-refractivity contribution is 5.81. The molecule has 1 aliphatic rings. The first-order valence-electron chi connectivity index (χ1n) is 14.6. The second-order valence-corrected chi connectivity index (χ2v) is 10.9. The van der Waals surface area contributed by atoms with E-state index in [0.29, 0.717) is 22.8 Å². The number of fused-ring (bicyclic) bond motifs is 1. The van der Waals surface area contributed by atoms with Gasteiger partial charge in [-0.2, -0.15) is 0 Å². The lowest BCUT2D eigenvalue weighted by Gasteiger charge is -2.37. The quantitative estimate of drug-likeness (QED) is 0.235. The number of aromatic nitrogens is 4. The van der Waals surface area contributed by atoms with Crippen LogP contribution in [0.15, 0.2) is 83.7 Å². The van der Waals surface area contributed by atoms with E-state index in [1.807, 2.05) is 78.9 Å². The molecule has 1 saturated heterocycles. The minimum atomic E-state index is -1.10. The van der Waals surface area contributed by atoms with Crippen molar-refractivity contribution in [3.05, 3.63) is 117 Å². The Bertz CT molecular complexity index is 1810. The predicted molar refractivity (Wildman–Crippen MR) is 168 cm³/mol. The summed E-state index contributed by atoms with van der Waals surface area (Å²) in [5.41, 5.74) is 8.01. The van der Waals surface area contributed by atoms with Gasteiger partial charge in [-0.15, -0.1) is 0 Å². The lowest BCUT2D eigenvalue weighted by molar-refractivity contribution is -0.0936. The first-order valence-corrected chi connectivity index (χ1v) is 14.6. The predicted octanol–water partition coefficient (Wildman–Crippen LogP) is 4.06. The SMILES string of the molecule is COc1ccc(C(OC[C@H]2OC(n3c(=O)c(C)nc4c(N)nc(C)nc43)C[C@@H]2O)(c2ccccc2)c2ccc(OC)cc2)cc1. The molecule has 2 aromatic heterocycles. The van der Waals surface area contributed by atoms with Crippen molar-refractivity contribution >= 4 is 17.0 Å². The second-order valence-electron chi connectivity index (χ2n) is 10.9. The third-order valence-corrected chi connectivity index (χ3v) is 8.17. The highest BCUT2D eigenvalue weighted by atomic mass is 16.6. The molecule has 3 atom stereocenters. The summed E-state index contributed by atoms with van der Waals surface area (Å²) in [4.78, 5) is 26.4. The molecule has 1 fully saturated rings. The zero-order chi connectivity index (χ0) is 31.7. The average molecular weight is 610 g/mol. The summed E-state index contributed by atoms with van der Waals surface area (Å²) >= 11 is 0. The Morgan fingerprint density at radius 1 is 0.889 bits per heavy atom. The number of rotatable bonds is 9. The van der Waals surface area contributed by atoms with E-state index < -0.39 is 24.0 Å². The van der Waals surface area contributed by atoms with Crippen LogP contribution in [0.2, 0.25) is 0 Å². The number of aliphatic hydroxyl groups is 1. The molecule has 45 heavy (non-hydrogen) atoms. The zero-order valence-corrected chi connectivity index (χ0v) is 25.5. The van der Waals surface area contributed by atoms with Crippen molar-refractivity contribution in [2.45, 2.75) is 44.3 Å². The number of benzene rings is 3. The highest BCUT2D eigenvalue weighted by Gasteiger charge is 2.42. The van der Waals surface area contributed by atoms with Crippen molar-refractivity contribution in [1.82, 2.24) is 19.5 Å². The molecule has 1 aliphatic heterocycles. The number of nitrogen functional groups attached to an aromatic ring is 1. The van der Waals surface area contributed by atoms with Gasteiger partial charge in [0.2, 0.25) is 0 Å². The number of hydrogen-bond acceptors (Lipinski definition) is 10. The summed E-state index contributed by atoms with van der Waals surface area (Å²) in [6, 6.07) is 25.2. The van der Waals surface area contributed by atoms with Gasteiger partial charge >= 0.3 is 0 Å². The van der Waals surface area contributed by atoms with E-state index in [1.54, 1.807) is 28.1 Å². The van der Waals surface area contributed by atoms with Crippen LogP contribution in [0.3, 0.4) is 0 Å². The van der Waals surface area contributed by atoms with Crippen LogP contribution in [-0.2, 0) is 15.1 Å². The Morgan fingerprint density at radius 2 is 1.47 bits per heavy atom. The molecule has 232 valence electrons. The number of aryl methyl sites for hydroxylation is 2. The van der Waals surface area contributed by atoms with Crippen LogP contribution >= 0.6 is 0 Å². The Labute approximate surface area is 260 Å². The number of hydrogen-bond donors (Lipinski definition) is 2. The van der Waals surface area contributed by atoms with Crippen LogP contribution in [0, 0.1) is 13.8 Å². The van der Waals surface area contributed by atoms with E-state index in [9.17, 15) is 9.90 Å². The lowest BCUT2D eigenvalue weighted by Crippen LogP contribution is -2.38. The molecule has 1 unspecified atom stereocenters. The molecular formula is C34H35N5O6. The summed E-state index contributed by atoms with van der Waals surface area (Å²) in [6.07, 6.45) is -2.40. The first kappa shape index (κ1) is 30.2. The zero-order valence-electron chi connectivity index (χ0n) is 25.5. The van der Waals surface area contributed by atoms with Crippen LogP contribution in [0.1, 0.15) is 40.9 Å². The summed E-state index contributed by atoms with van der Waals surface area (Å²) in [5.74, 6) is 1.97. The number of aliphatic hydroxyl groups excluding tert-OH is 1. The van der Waals surface area contributed by atoms with Gasteiger partial charge in [-0.25, -0.2) is 15.0 Å². The van der Waals surface area contributed by atoms with Crippen molar-refractivity contribution < 1.29 is 24.1 Å². The maximum absolute atomic E-state index is 13.4. The maximum atomic E-state index is 13.4. The molecule has 0 aliphatic carbocycles. The van der Waals surface area contributed by atoms with Gasteiger partial charge in [-0.3, -0.25) is 9.36 Å². The van der Waals surface area contributed by atoms with Crippen molar-refractivity contribution in [3.8, 4) is 11.5 Å². The third kappa shape index (κ3) is 5.50. The molecule has 11 heteroatoms. The standard InChI is InChI=1S/C34H35N5O6/c1-20-33(41)39(32-30(36-20)31(35)37-21(2)38-32)29-18-27(40)28(45-29)19-44-34(22-8-6-5-7-9-22,23-10-14-25(42-3)15-11-23)24-12-16-26(43-4)17-13-24/h5-17,27-29,40H,18-19H2,1-4H3,(H2,35,37,38)/t27-,28+,29?/m0/s1. The summed E-state index contributed by atoms with van der Waals surface area (Å²) < 4.78 is 25.6. The molecule has 3 N–H and O–H groups in total. The smallest absolute Gasteiger partial charge is 0.275 e. The Balaban J connectivity index is 1.40. The van der Waals surface area contributed by atoms with Crippen LogP contribution < -0.4 is 20.8 Å². The second kappa shape index (κ2) is 12.3. The van der Waals surface area contributed by atoms with E-state index in [2.05, 4.69) is 15.0 Å². The molecule has 0 amide bonds. The van der Waals surface area contributed by atoms with Gasteiger partial charge < -0.3 is 29.8 Å². The van der Waals surface area contributed by atoms with E-state index in [0.717, 1.165) is 16.7 Å². The van der Waals surface area contributed by atoms with Gasteiger partial charge in [0.05, 0.1) is 26.9 Å². The fourth-order valence-corrected chi connectivity index (χ4v) is 5.91. The molecular weight excluding hydrogens is 574 g/mol. The minimum absolute atomic E-state index is 0.00246. The summed E-state index contributed by atoms with van der Waals surface area (Å²) in [7, 11) is 3.24. The first-order chi connectivity index (χ1) is 21.7. The molecule has 0 bridgehead atoms. The average Bonchev–Trinajstić information content (AvgIpc) is 3.42. The molecule has 0 saturated carbocycles. The molecule has 3 aromatic carbocycles. The van der Waals surface area contributed by atoms with E-state index in [-0.39, 0.29) is 35.7 Å². The molecule has 0 spiro atoms. The van der Waals surface area contributed by atoms with E-state index in [1.165, 1.54) is 4.57 Å². The molecule has 11 nitrogen and oxygen atoms in total. The minimum Gasteiger partial charge on any atom is -0.497 e. The largest absolute Gasteiger partial charge is 0.497 e. The number of ether oxygens (including phenoxy) is 4. The number of anilines is 1. The fraction of sp³-hybridized carbons (Fsp3) is 0.294. The number of nitrogens with two attached hydrogens (primary N) is 1. The molecule has 0 radical (unpaired) electrons. The highest BCUT2D eigenvalue weighted by Crippen LogP contribution is 2.43. The number of nitrogens with zero attached hydrogens (tertiary/aromatic N) is 4. The fourth-order valence-electron chi connectivity index (χ4n) is 5.91. The number of methoxy groups -OCH3 is 2. The van der Waals surface area contributed by atoms with Crippen molar-refractivity contribution in [3.63, 3.8) is 0 Å². The Hall–Kier alpha value is -4.84. The topological polar surface area (TPSA) is 144 Å².